The number of benzene rings is 1. The molecule has 0 bridgehead atoms. The lowest BCUT2D eigenvalue weighted by molar-refractivity contribution is 0.00578. The molecular formula is C63H77B3BrN7O13. The lowest BCUT2D eigenvalue weighted by atomic mass is 9.49. The maximum Gasteiger partial charge on any atom is 0.496 e. The Balaban J connectivity index is 0.000000182. The van der Waals surface area contributed by atoms with Crippen LogP contribution in [-0.4, -0.2) is 128 Å². The molecule has 0 amide bonds. The highest BCUT2D eigenvalue weighted by Crippen LogP contribution is 2.43. The Morgan fingerprint density at radius 2 is 0.966 bits per heavy atom. The Labute approximate surface area is 519 Å². The summed E-state index contributed by atoms with van der Waals surface area (Å²) < 4.78 is 53.2. The molecule has 0 spiro atoms. The Hall–Kier alpha value is -7.18. The number of Topliss-reactive ketones (excluding diaryl/α,β-unsaturated/α-hetero) is 1. The highest BCUT2D eigenvalue weighted by molar-refractivity contribution is 9.10. The quantitative estimate of drug-likeness (QED) is 0.0461. The van der Waals surface area contributed by atoms with E-state index in [2.05, 4.69) is 53.3 Å². The van der Waals surface area contributed by atoms with Crippen LogP contribution in [0.2, 0.25) is 0 Å². The van der Waals surface area contributed by atoms with E-state index in [1.807, 2.05) is 126 Å². The molecular weight excluding hydrogens is 1180 g/mol. The van der Waals surface area contributed by atoms with Gasteiger partial charge in [0.05, 0.1) is 87.0 Å². The van der Waals surface area contributed by atoms with Gasteiger partial charge in [-0.15, -0.1) is 0 Å². The topological polar surface area (TPSA) is 232 Å². The second-order valence-corrected chi connectivity index (χ2v) is 24.6. The summed E-state index contributed by atoms with van der Waals surface area (Å²) in [4.78, 5) is 63.5. The van der Waals surface area contributed by atoms with Gasteiger partial charge in [-0.2, -0.15) is 5.10 Å². The van der Waals surface area contributed by atoms with Crippen LogP contribution < -0.4 is 10.8 Å². The van der Waals surface area contributed by atoms with Crippen molar-refractivity contribution in [2.75, 3.05) is 25.1 Å². The van der Waals surface area contributed by atoms with Crippen molar-refractivity contribution in [3.05, 3.63) is 155 Å². The molecule has 0 saturated carbocycles. The first-order chi connectivity index (χ1) is 40.9. The number of halogens is 1. The number of hydrogen-bond donors (Lipinski definition) is 1. The number of rotatable bonds is 14. The average Bonchev–Trinajstić information content (AvgIpc) is 1.72. The van der Waals surface area contributed by atoms with Gasteiger partial charge >= 0.3 is 39.0 Å². The summed E-state index contributed by atoms with van der Waals surface area (Å²) >= 11 is 3.21. The molecule has 24 heteroatoms. The van der Waals surface area contributed by atoms with Crippen LogP contribution in [0.1, 0.15) is 158 Å². The minimum atomic E-state index is -0.526. The molecule has 0 unspecified atom stereocenters. The zero-order chi connectivity index (χ0) is 63.7. The first-order valence-corrected chi connectivity index (χ1v) is 29.6. The van der Waals surface area contributed by atoms with Crippen molar-refractivity contribution < 1.29 is 61.3 Å². The van der Waals surface area contributed by atoms with Crippen LogP contribution in [0.5, 0.6) is 0 Å². The van der Waals surface area contributed by atoms with E-state index in [1.165, 1.54) is 25.5 Å². The minimum absolute atomic E-state index is 0.0466. The summed E-state index contributed by atoms with van der Waals surface area (Å²) in [5.41, 5.74) is 6.05. The van der Waals surface area contributed by atoms with Gasteiger partial charge in [-0.3, -0.25) is 24.7 Å². The molecule has 1 aromatic carbocycles. The number of carbonyl (C=O) groups excluding carboxylic acids is 4. The number of nitrogens with zero attached hydrogens (tertiary/aromatic N) is 6. The van der Waals surface area contributed by atoms with Crippen molar-refractivity contribution in [3.63, 3.8) is 0 Å². The molecule has 0 aliphatic carbocycles. The highest BCUT2D eigenvalue weighted by atomic mass is 79.9. The zero-order valence-electron chi connectivity index (χ0n) is 52.5. The molecule has 3 saturated heterocycles. The van der Waals surface area contributed by atoms with E-state index in [-0.39, 0.29) is 40.8 Å². The summed E-state index contributed by atoms with van der Waals surface area (Å²) in [6.07, 6.45) is 14.5. The summed E-state index contributed by atoms with van der Waals surface area (Å²) in [5.74, 6) is -1.21. The number of esters is 3. The maximum atomic E-state index is 12.3. The van der Waals surface area contributed by atoms with Gasteiger partial charge < -0.3 is 47.5 Å². The van der Waals surface area contributed by atoms with Gasteiger partial charge in [-0.05, 0) is 169 Å². The van der Waals surface area contributed by atoms with Crippen molar-refractivity contribution in [1.29, 1.82) is 0 Å². The molecule has 0 radical (unpaired) electrons. The van der Waals surface area contributed by atoms with Gasteiger partial charge in [0.25, 0.3) is 0 Å². The molecule has 3 aliphatic heterocycles. The average molecular weight is 1250 g/mol. The van der Waals surface area contributed by atoms with E-state index in [0.29, 0.717) is 58.7 Å². The molecule has 3 aliphatic rings. The Morgan fingerprint density at radius 3 is 1.46 bits per heavy atom. The monoisotopic (exact) mass is 1250 g/mol. The van der Waals surface area contributed by atoms with Crippen LogP contribution in [0.3, 0.4) is 0 Å². The number of anilines is 1. The number of nitrogens with one attached hydrogen (secondary N) is 1. The smallest absolute Gasteiger partial charge is 0.462 e. The molecule has 3 fully saturated rings. The minimum Gasteiger partial charge on any atom is -0.462 e. The predicted molar refractivity (Wildman–Crippen MR) is 337 cm³/mol. The number of carbonyl (C=O) groups is 4. The predicted octanol–water partition coefficient (Wildman–Crippen LogP) is 11.3. The third-order valence-electron chi connectivity index (χ3n) is 15.7. The lowest BCUT2D eigenvalue weighted by Gasteiger charge is -2.32. The van der Waals surface area contributed by atoms with Gasteiger partial charge in [0, 0.05) is 94.5 Å². The van der Waals surface area contributed by atoms with E-state index in [9.17, 15) is 19.2 Å². The van der Waals surface area contributed by atoms with Crippen molar-refractivity contribution in [3.8, 4) is 22.4 Å². The van der Waals surface area contributed by atoms with Crippen LogP contribution in [-0.2, 0) is 48.7 Å². The summed E-state index contributed by atoms with van der Waals surface area (Å²) in [7, 11) is -1.48. The summed E-state index contributed by atoms with van der Waals surface area (Å²) in [6.45, 7) is 32.6. The van der Waals surface area contributed by atoms with Gasteiger partial charge in [-0.25, -0.2) is 18.9 Å². The number of pyridine rings is 4. The molecule has 10 rings (SSSR count). The maximum absolute atomic E-state index is 12.3. The van der Waals surface area contributed by atoms with Crippen molar-refractivity contribution in [1.82, 2.24) is 29.5 Å². The molecule has 20 nitrogen and oxygen atoms in total. The second-order valence-electron chi connectivity index (χ2n) is 23.7. The third kappa shape index (κ3) is 16.3. The first kappa shape index (κ1) is 67.3. The molecule has 6 aromatic heterocycles. The number of hydrogen-bond acceptors (Lipinski definition) is 19. The normalized spacial score (nSPS) is 17.1. The van der Waals surface area contributed by atoms with Crippen LogP contribution >= 0.6 is 15.9 Å². The standard InChI is InChI=1S/C29H25N5O3.C14H20BNO4.C12H24B2O4.C8H8BrNO2/c1-3-37-29(36)24-12-23(17-31-18-24)26-13-27(32-14-20-7-5-4-6-8-20)28-25(9-10-34(28)33-26)22-11-21(19(2)35)15-30-16-22;1-6-18-12(17)10-7-11(9-16-8-10)15-19-13(2,3)14(4,5)20-15;1-9(2)10(3,4)16-13(15-9)14-17-11(5,6)12(7,8)18-14;1-2-12-8(11)6-3-7(9)5-10-4-6/h4-13,15-18,32H,3,14H2,1-2H3;7-9H,6H2,1-5H3;1-8H3;3-5H,2H2,1H3. The van der Waals surface area contributed by atoms with Gasteiger partial charge in [0.15, 0.2) is 5.78 Å². The van der Waals surface area contributed by atoms with Crippen LogP contribution in [0, 0.1) is 0 Å². The summed E-state index contributed by atoms with van der Waals surface area (Å²) in [5, 5.41) is 8.35. The third-order valence-corrected chi connectivity index (χ3v) is 16.2. The van der Waals surface area contributed by atoms with Crippen LogP contribution in [0.25, 0.3) is 27.9 Å². The molecule has 7 aromatic rings. The largest absolute Gasteiger partial charge is 0.496 e. The van der Waals surface area contributed by atoms with Crippen LogP contribution in [0.15, 0.2) is 127 Å². The molecule has 1 N–H and O–H groups in total. The van der Waals surface area contributed by atoms with E-state index >= 15 is 0 Å². The zero-order valence-corrected chi connectivity index (χ0v) is 54.1. The van der Waals surface area contributed by atoms with Crippen molar-refractivity contribution in [2.24, 2.45) is 0 Å². The van der Waals surface area contributed by atoms with Crippen molar-refractivity contribution in [2.45, 2.75) is 151 Å². The Bertz CT molecular complexity index is 3490. The molecule has 458 valence electrons. The molecule has 0 atom stereocenters. The van der Waals surface area contributed by atoms with E-state index in [0.717, 1.165) is 32.4 Å². The van der Waals surface area contributed by atoms with Gasteiger partial charge in [0.2, 0.25) is 0 Å². The highest BCUT2D eigenvalue weighted by Gasteiger charge is 2.64. The summed E-state index contributed by atoms with van der Waals surface area (Å²) in [6, 6.07) is 20.9. The Morgan fingerprint density at radius 1 is 0.529 bits per heavy atom. The Kier molecular flexibility index (Phi) is 21.6. The van der Waals surface area contributed by atoms with E-state index < -0.39 is 44.3 Å². The number of fused-ring (bicyclic) bond motifs is 1. The fourth-order valence-electron chi connectivity index (χ4n) is 8.74. The van der Waals surface area contributed by atoms with Crippen molar-refractivity contribution >= 4 is 77.4 Å². The fourth-order valence-corrected chi connectivity index (χ4v) is 9.11. The molecule has 9 heterocycles. The number of ketones is 1. The number of aromatic nitrogens is 6. The van der Waals surface area contributed by atoms with E-state index in [4.69, 9.17) is 47.2 Å². The van der Waals surface area contributed by atoms with Crippen LogP contribution in [0.4, 0.5) is 5.69 Å². The molecule has 87 heavy (non-hydrogen) atoms. The second kappa shape index (κ2) is 27.9. The fraction of sp³-hybridized carbons (Fsp3) is 0.413. The number of ether oxygens (including phenoxy) is 3. The SMILES string of the molecule is CC1(C)OB(B2OC(C)(C)C(C)(C)O2)OC1(C)C.CCOC(=O)c1cncc(-c2cc(NCc3ccccc3)c3c(-c4cncc(C(C)=O)c4)ccn3n2)c1.CCOC(=O)c1cncc(B2OC(C)(C)C(C)(C)O2)c1.CCOC(=O)c1cncc(Br)c1. The van der Waals surface area contributed by atoms with Gasteiger partial charge in [-0.1, -0.05) is 30.3 Å². The van der Waals surface area contributed by atoms with Gasteiger partial charge in [0.1, 0.15) is 0 Å². The first-order valence-electron chi connectivity index (χ1n) is 28.8. The lowest BCUT2D eigenvalue weighted by Crippen LogP contribution is -2.41. The van der Waals surface area contributed by atoms with E-state index in [1.54, 1.807) is 74.5 Å².